The van der Waals surface area contributed by atoms with Crippen molar-refractivity contribution in [3.63, 3.8) is 0 Å². The molecular formula is C37H44FN5O3. The fourth-order valence-corrected chi connectivity index (χ4v) is 8.67. The first-order chi connectivity index (χ1) is 22.4. The lowest BCUT2D eigenvalue weighted by Gasteiger charge is -2.37. The highest BCUT2D eigenvalue weighted by molar-refractivity contribution is 6.02. The van der Waals surface area contributed by atoms with Gasteiger partial charge in [0.1, 0.15) is 11.2 Å². The number of fused-ring (bicyclic) bond motifs is 2. The number of alkyl halides is 1. The molecule has 7 rings (SSSR count). The summed E-state index contributed by atoms with van der Waals surface area (Å²) in [6, 6.07) is 14.6. The third kappa shape index (κ3) is 5.89. The monoisotopic (exact) mass is 625 g/mol. The lowest BCUT2D eigenvalue weighted by molar-refractivity contribution is -0.143. The number of Topliss-reactive ketones (excluding diaryl/α,β-unsaturated/α-hetero) is 1. The molecule has 2 aromatic heterocycles. The van der Waals surface area contributed by atoms with Crippen LogP contribution < -0.4 is 0 Å². The summed E-state index contributed by atoms with van der Waals surface area (Å²) in [7, 11) is 0. The van der Waals surface area contributed by atoms with E-state index in [1.54, 1.807) is 6.07 Å². The van der Waals surface area contributed by atoms with Crippen molar-refractivity contribution in [2.75, 3.05) is 13.2 Å². The quantitative estimate of drug-likeness (QED) is 0.229. The predicted molar refractivity (Wildman–Crippen MR) is 175 cm³/mol. The van der Waals surface area contributed by atoms with Crippen molar-refractivity contribution < 1.29 is 18.8 Å². The molecule has 9 heteroatoms. The van der Waals surface area contributed by atoms with Gasteiger partial charge in [0, 0.05) is 29.8 Å². The van der Waals surface area contributed by atoms with E-state index in [0.717, 1.165) is 61.4 Å². The molecule has 0 radical (unpaired) electrons. The number of hydrogen-bond acceptors (Lipinski definition) is 5. The van der Waals surface area contributed by atoms with Gasteiger partial charge in [0.05, 0.1) is 18.2 Å². The van der Waals surface area contributed by atoms with Crippen LogP contribution in [0, 0.1) is 29.6 Å². The molecule has 0 spiro atoms. The summed E-state index contributed by atoms with van der Waals surface area (Å²) >= 11 is 0. The molecule has 3 aliphatic rings. The number of halogens is 1. The smallest absolute Gasteiger partial charge is 0.296 e. The Kier molecular flexibility index (Phi) is 8.75. The minimum Gasteiger partial charge on any atom is -0.350 e. The number of likely N-dealkylation sites (tertiary alicyclic amines) is 1. The Morgan fingerprint density at radius 2 is 1.74 bits per heavy atom. The van der Waals surface area contributed by atoms with Crippen LogP contribution in [0.3, 0.4) is 0 Å². The van der Waals surface area contributed by atoms with E-state index >= 15 is 0 Å². The van der Waals surface area contributed by atoms with Crippen molar-refractivity contribution >= 4 is 39.5 Å². The van der Waals surface area contributed by atoms with Crippen molar-refractivity contribution in [1.82, 2.24) is 24.9 Å². The van der Waals surface area contributed by atoms with Gasteiger partial charge in [-0.2, -0.15) is 4.68 Å². The Balaban J connectivity index is 1.10. The first-order valence-corrected chi connectivity index (χ1v) is 17.3. The van der Waals surface area contributed by atoms with E-state index < -0.39 is 6.04 Å². The number of nitrogens with one attached hydrogen (secondary N) is 1. The molecule has 8 nitrogen and oxygen atoms in total. The number of para-hydroxylation sites is 1. The van der Waals surface area contributed by atoms with Crippen molar-refractivity contribution in [2.24, 2.45) is 29.6 Å². The van der Waals surface area contributed by atoms with Crippen LogP contribution in [-0.4, -0.2) is 61.7 Å². The third-order valence-electron chi connectivity index (χ3n) is 11.3. The van der Waals surface area contributed by atoms with Gasteiger partial charge < -0.3 is 9.88 Å². The van der Waals surface area contributed by atoms with E-state index in [9.17, 15) is 18.8 Å². The molecule has 2 saturated carbocycles. The number of hydrogen-bond donors (Lipinski definition) is 1. The van der Waals surface area contributed by atoms with Crippen LogP contribution in [0.1, 0.15) is 87.2 Å². The second-order valence-electron chi connectivity index (χ2n) is 14.1. The van der Waals surface area contributed by atoms with Gasteiger partial charge in [-0.15, -0.1) is 5.10 Å². The molecule has 3 atom stereocenters. The summed E-state index contributed by atoms with van der Waals surface area (Å²) in [5, 5.41) is 9.02. The van der Waals surface area contributed by atoms with Crippen molar-refractivity contribution in [3.05, 3.63) is 59.8 Å². The zero-order valence-electron chi connectivity index (χ0n) is 26.7. The number of carbonyl (C=O) groups is 3. The number of aromatic nitrogens is 4. The first kappa shape index (κ1) is 30.8. The fraction of sp³-hybridized carbons (Fsp3) is 0.541. The Labute approximate surface area is 269 Å². The van der Waals surface area contributed by atoms with Crippen LogP contribution in [0.5, 0.6) is 0 Å². The molecule has 2 aromatic carbocycles. The van der Waals surface area contributed by atoms with Gasteiger partial charge in [0.15, 0.2) is 5.78 Å². The SMILES string of the molecule is C[C@H](CF)C1CCC(C(=O)N2CC[C@@H](C3CCCCC3)[C@H]2C(=O)Cc2ccc3[nH]c(C(=O)n4nnc5ccccc54)cc3c2)CC1. The molecule has 0 unspecified atom stereocenters. The van der Waals surface area contributed by atoms with Gasteiger partial charge in [-0.3, -0.25) is 18.8 Å². The number of nitrogens with zero attached hydrogens (tertiary/aromatic N) is 4. The van der Waals surface area contributed by atoms with E-state index in [0.29, 0.717) is 35.1 Å². The molecule has 1 saturated heterocycles. The van der Waals surface area contributed by atoms with E-state index in [-0.39, 0.29) is 48.4 Å². The van der Waals surface area contributed by atoms with Gasteiger partial charge in [0.25, 0.3) is 5.91 Å². The Bertz CT molecular complexity index is 1730. The minimum atomic E-state index is -0.391. The van der Waals surface area contributed by atoms with Gasteiger partial charge in [0.2, 0.25) is 5.91 Å². The highest BCUT2D eigenvalue weighted by Gasteiger charge is 2.46. The van der Waals surface area contributed by atoms with E-state index in [4.69, 9.17) is 0 Å². The Morgan fingerprint density at radius 3 is 2.52 bits per heavy atom. The summed E-state index contributed by atoms with van der Waals surface area (Å²) in [5.41, 5.74) is 3.37. The highest BCUT2D eigenvalue weighted by Crippen LogP contribution is 2.42. The maximum atomic E-state index is 14.3. The standard InChI is InChI=1S/C37H44FN5O3/c1-23(22-38)25-12-14-27(15-13-25)36(45)42-18-17-29(26-7-3-2-4-8-26)35(42)34(44)20-24-11-16-30-28(19-24)21-32(39-30)37(46)43-33-10-6-5-9-31(33)40-41-43/h5-6,9-11,16,19,21,23,25-27,29,35,39H,2-4,7-8,12-15,17-18,20,22H2,1H3/t23-,25?,27?,29+,35+/m1/s1. The van der Waals surface area contributed by atoms with Crippen LogP contribution in [0.4, 0.5) is 4.39 Å². The van der Waals surface area contributed by atoms with Gasteiger partial charge in [-0.1, -0.05) is 62.4 Å². The molecule has 1 aliphatic heterocycles. The van der Waals surface area contributed by atoms with Crippen LogP contribution in [-0.2, 0) is 16.0 Å². The number of H-pyrrole nitrogens is 1. The normalized spacial score (nSPS) is 24.9. The summed E-state index contributed by atoms with van der Waals surface area (Å²) in [5.74, 6) is 0.947. The van der Waals surface area contributed by atoms with E-state index in [1.807, 2.05) is 54.3 Å². The number of ketones is 1. The summed E-state index contributed by atoms with van der Waals surface area (Å²) in [4.78, 5) is 46.8. The molecule has 242 valence electrons. The summed E-state index contributed by atoms with van der Waals surface area (Å²) < 4.78 is 14.6. The molecule has 4 aromatic rings. The van der Waals surface area contributed by atoms with Crippen LogP contribution in [0.2, 0.25) is 0 Å². The minimum absolute atomic E-state index is 0.0434. The van der Waals surface area contributed by atoms with Gasteiger partial charge in [-0.25, -0.2) is 0 Å². The van der Waals surface area contributed by atoms with Gasteiger partial charge in [-0.05, 0) is 91.7 Å². The van der Waals surface area contributed by atoms with E-state index in [1.165, 1.54) is 23.9 Å². The molecule has 3 heterocycles. The lowest BCUT2D eigenvalue weighted by Crippen LogP contribution is -2.48. The average Bonchev–Trinajstić information content (AvgIpc) is 3.84. The van der Waals surface area contributed by atoms with Crippen LogP contribution >= 0.6 is 0 Å². The second kappa shape index (κ2) is 13.1. The molecular weight excluding hydrogens is 581 g/mol. The molecule has 1 N–H and O–H groups in total. The third-order valence-corrected chi connectivity index (χ3v) is 11.3. The Hall–Kier alpha value is -3.88. The Morgan fingerprint density at radius 1 is 0.957 bits per heavy atom. The molecule has 1 amide bonds. The number of rotatable bonds is 8. The number of amides is 1. The average molecular weight is 626 g/mol. The second-order valence-corrected chi connectivity index (χ2v) is 14.1. The number of carbonyl (C=O) groups excluding carboxylic acids is 3. The predicted octanol–water partition coefficient (Wildman–Crippen LogP) is 6.92. The van der Waals surface area contributed by atoms with E-state index in [2.05, 4.69) is 15.3 Å². The van der Waals surface area contributed by atoms with Gasteiger partial charge >= 0.3 is 0 Å². The highest BCUT2D eigenvalue weighted by atomic mass is 19.1. The zero-order valence-corrected chi connectivity index (χ0v) is 26.7. The topological polar surface area (TPSA) is 101 Å². The summed E-state index contributed by atoms with van der Waals surface area (Å²) in [6.45, 7) is 2.32. The van der Waals surface area contributed by atoms with Crippen molar-refractivity contribution in [2.45, 2.75) is 83.6 Å². The zero-order chi connectivity index (χ0) is 31.8. The van der Waals surface area contributed by atoms with Crippen LogP contribution in [0.15, 0.2) is 48.5 Å². The lowest BCUT2D eigenvalue weighted by atomic mass is 9.74. The molecule has 0 bridgehead atoms. The fourth-order valence-electron chi connectivity index (χ4n) is 8.67. The summed E-state index contributed by atoms with van der Waals surface area (Å²) in [6.07, 6.45) is 10.4. The van der Waals surface area contributed by atoms with Crippen molar-refractivity contribution in [1.29, 1.82) is 0 Å². The number of aromatic amines is 1. The maximum Gasteiger partial charge on any atom is 0.296 e. The van der Waals surface area contributed by atoms with Crippen molar-refractivity contribution in [3.8, 4) is 0 Å². The number of benzene rings is 2. The maximum absolute atomic E-state index is 14.3. The molecule has 2 aliphatic carbocycles. The van der Waals surface area contributed by atoms with Crippen LogP contribution in [0.25, 0.3) is 21.9 Å². The first-order valence-electron chi connectivity index (χ1n) is 17.3. The largest absolute Gasteiger partial charge is 0.350 e. The molecule has 46 heavy (non-hydrogen) atoms. The molecule has 3 fully saturated rings.